The quantitative estimate of drug-likeness (QED) is 0.736. The van der Waals surface area contributed by atoms with E-state index in [0.29, 0.717) is 18.1 Å². The molecule has 0 unspecified atom stereocenters. The van der Waals surface area contributed by atoms with Gasteiger partial charge in [-0.15, -0.1) is 16.7 Å². The molecule has 0 aromatic carbocycles. The summed E-state index contributed by atoms with van der Waals surface area (Å²) < 4.78 is 4.83. The van der Waals surface area contributed by atoms with Crippen molar-refractivity contribution >= 4 is 17.5 Å². The van der Waals surface area contributed by atoms with Gasteiger partial charge in [0.25, 0.3) is 0 Å². The molecule has 1 rings (SSSR count). The lowest BCUT2D eigenvalue weighted by atomic mass is 10.4. The van der Waals surface area contributed by atoms with Crippen LogP contribution in [0.3, 0.4) is 0 Å². The van der Waals surface area contributed by atoms with Crippen LogP contribution < -0.4 is 10.1 Å². The third-order valence-corrected chi connectivity index (χ3v) is 1.74. The van der Waals surface area contributed by atoms with Crippen LogP contribution in [0.4, 0.5) is 0 Å². The molecule has 1 aromatic heterocycles. The predicted molar refractivity (Wildman–Crippen MR) is 51.2 cm³/mol. The molecule has 0 spiro atoms. The van der Waals surface area contributed by atoms with Crippen LogP contribution in [0.1, 0.15) is 5.69 Å². The number of nitrogens with one attached hydrogen (secondary N) is 1. The topological polar surface area (TPSA) is 64.1 Å². The first-order valence-corrected chi connectivity index (χ1v) is 4.49. The Hall–Kier alpha value is -1.36. The van der Waals surface area contributed by atoms with E-state index in [4.69, 9.17) is 16.3 Å². The second-order valence-electron chi connectivity index (χ2n) is 2.48. The van der Waals surface area contributed by atoms with Crippen molar-refractivity contribution in [2.75, 3.05) is 13.0 Å². The van der Waals surface area contributed by atoms with Crippen molar-refractivity contribution in [3.63, 3.8) is 0 Å². The average molecular weight is 216 g/mol. The zero-order valence-electron chi connectivity index (χ0n) is 7.66. The highest BCUT2D eigenvalue weighted by Gasteiger charge is 2.00. The van der Waals surface area contributed by atoms with E-state index in [9.17, 15) is 4.79 Å². The second kappa shape index (κ2) is 5.39. The number of nitrogens with zero attached hydrogens (tertiary/aromatic N) is 2. The van der Waals surface area contributed by atoms with Crippen molar-refractivity contribution < 1.29 is 9.53 Å². The first-order valence-electron chi connectivity index (χ1n) is 3.95. The van der Waals surface area contributed by atoms with Gasteiger partial charge in [-0.25, -0.2) is 0 Å². The Bertz CT molecular complexity index is 302. The number of alkyl halides is 1. The summed E-state index contributed by atoms with van der Waals surface area (Å²) in [5.74, 6) is 0.158. The number of hydrogen-bond acceptors (Lipinski definition) is 4. The van der Waals surface area contributed by atoms with E-state index >= 15 is 0 Å². The highest BCUT2D eigenvalue weighted by atomic mass is 35.5. The zero-order valence-corrected chi connectivity index (χ0v) is 8.41. The third-order valence-electron chi connectivity index (χ3n) is 1.49. The van der Waals surface area contributed by atoms with E-state index in [0.717, 1.165) is 0 Å². The van der Waals surface area contributed by atoms with Gasteiger partial charge in [0.1, 0.15) is 5.88 Å². The Balaban J connectivity index is 2.47. The van der Waals surface area contributed by atoms with Crippen molar-refractivity contribution in [2.24, 2.45) is 0 Å². The van der Waals surface area contributed by atoms with Crippen LogP contribution in [0.2, 0.25) is 0 Å². The van der Waals surface area contributed by atoms with Crippen molar-refractivity contribution in [2.45, 2.75) is 6.54 Å². The monoisotopic (exact) mass is 215 g/mol. The summed E-state index contributed by atoms with van der Waals surface area (Å²) in [7, 11) is 1.51. The Morgan fingerprint density at radius 1 is 1.57 bits per heavy atom. The summed E-state index contributed by atoms with van der Waals surface area (Å²) in [4.78, 5) is 10.8. The molecule has 1 amide bonds. The maximum Gasteiger partial charge on any atom is 0.235 e. The third kappa shape index (κ3) is 3.18. The molecule has 1 heterocycles. The lowest BCUT2D eigenvalue weighted by molar-refractivity contribution is -0.118. The SMILES string of the molecule is COc1ccc(CNC(=O)CCl)nn1. The van der Waals surface area contributed by atoms with Crippen LogP contribution in [-0.2, 0) is 11.3 Å². The van der Waals surface area contributed by atoms with Gasteiger partial charge >= 0.3 is 0 Å². The van der Waals surface area contributed by atoms with E-state index in [2.05, 4.69) is 15.5 Å². The van der Waals surface area contributed by atoms with Crippen LogP contribution in [0, 0.1) is 0 Å². The highest BCUT2D eigenvalue weighted by molar-refractivity contribution is 6.27. The van der Waals surface area contributed by atoms with Gasteiger partial charge < -0.3 is 10.1 Å². The highest BCUT2D eigenvalue weighted by Crippen LogP contribution is 2.02. The van der Waals surface area contributed by atoms with Crippen LogP contribution in [-0.4, -0.2) is 29.1 Å². The molecule has 14 heavy (non-hydrogen) atoms. The Kier molecular flexibility index (Phi) is 4.12. The van der Waals surface area contributed by atoms with E-state index < -0.39 is 0 Å². The van der Waals surface area contributed by atoms with Gasteiger partial charge in [-0.3, -0.25) is 4.79 Å². The summed E-state index contributed by atoms with van der Waals surface area (Å²) in [6.07, 6.45) is 0. The molecule has 0 aliphatic carbocycles. The minimum atomic E-state index is -0.232. The fourth-order valence-electron chi connectivity index (χ4n) is 0.787. The first-order chi connectivity index (χ1) is 6.76. The number of amides is 1. The fourth-order valence-corrected chi connectivity index (χ4v) is 0.882. The Morgan fingerprint density at radius 2 is 2.36 bits per heavy atom. The van der Waals surface area contributed by atoms with Crippen LogP contribution >= 0.6 is 11.6 Å². The summed E-state index contributed by atoms with van der Waals surface area (Å²) in [5, 5.41) is 10.1. The number of rotatable bonds is 4. The molecule has 0 aliphatic rings. The number of carbonyl (C=O) groups excluding carboxylic acids is 1. The summed E-state index contributed by atoms with van der Waals surface area (Å²) in [5.41, 5.74) is 0.657. The van der Waals surface area contributed by atoms with Crippen molar-refractivity contribution in [3.8, 4) is 5.88 Å². The first kappa shape index (κ1) is 10.7. The van der Waals surface area contributed by atoms with E-state index in [1.165, 1.54) is 7.11 Å². The fraction of sp³-hybridized carbons (Fsp3) is 0.375. The number of halogens is 1. The van der Waals surface area contributed by atoms with Gasteiger partial charge in [0.15, 0.2) is 0 Å². The molecule has 0 atom stereocenters. The molecule has 0 radical (unpaired) electrons. The Morgan fingerprint density at radius 3 is 2.86 bits per heavy atom. The molecule has 1 aromatic rings. The number of methoxy groups -OCH3 is 1. The Labute approximate surface area is 86.4 Å². The van der Waals surface area contributed by atoms with Crippen LogP contribution in [0.25, 0.3) is 0 Å². The van der Waals surface area contributed by atoms with Gasteiger partial charge in [0, 0.05) is 6.07 Å². The summed E-state index contributed by atoms with van der Waals surface area (Å²) >= 11 is 5.30. The van der Waals surface area contributed by atoms with E-state index in [1.54, 1.807) is 12.1 Å². The molecular weight excluding hydrogens is 206 g/mol. The molecule has 1 N–H and O–H groups in total. The number of hydrogen-bond donors (Lipinski definition) is 1. The standard InChI is InChI=1S/C8H10ClN3O2/c1-14-8-3-2-6(11-12-8)5-10-7(13)4-9/h2-3H,4-5H2,1H3,(H,10,13). The normalized spacial score (nSPS) is 9.57. The molecule has 0 bridgehead atoms. The largest absolute Gasteiger partial charge is 0.480 e. The number of carbonyl (C=O) groups is 1. The lowest BCUT2D eigenvalue weighted by Crippen LogP contribution is -2.24. The average Bonchev–Trinajstić information content (AvgIpc) is 2.26. The van der Waals surface area contributed by atoms with Gasteiger partial charge in [-0.1, -0.05) is 0 Å². The van der Waals surface area contributed by atoms with E-state index in [1.807, 2.05) is 0 Å². The summed E-state index contributed by atoms with van der Waals surface area (Å²) in [6, 6.07) is 3.40. The van der Waals surface area contributed by atoms with Gasteiger partial charge in [-0.05, 0) is 6.07 Å². The molecule has 6 heteroatoms. The molecular formula is C8H10ClN3O2. The molecule has 76 valence electrons. The second-order valence-corrected chi connectivity index (χ2v) is 2.74. The molecule has 0 aliphatic heterocycles. The smallest absolute Gasteiger partial charge is 0.235 e. The predicted octanol–water partition coefficient (Wildman–Crippen LogP) is 0.340. The van der Waals surface area contributed by atoms with E-state index in [-0.39, 0.29) is 11.8 Å². The molecule has 5 nitrogen and oxygen atoms in total. The van der Waals surface area contributed by atoms with Crippen molar-refractivity contribution in [3.05, 3.63) is 17.8 Å². The van der Waals surface area contributed by atoms with Gasteiger partial charge in [0.2, 0.25) is 11.8 Å². The number of aromatic nitrogens is 2. The lowest BCUT2D eigenvalue weighted by Gasteiger charge is -2.02. The zero-order chi connectivity index (χ0) is 10.4. The number of ether oxygens (including phenoxy) is 1. The van der Waals surface area contributed by atoms with Gasteiger partial charge in [-0.2, -0.15) is 5.10 Å². The minimum absolute atomic E-state index is 0.0520. The molecule has 0 fully saturated rings. The molecule has 0 saturated carbocycles. The molecule has 0 saturated heterocycles. The van der Waals surface area contributed by atoms with Crippen molar-refractivity contribution in [1.29, 1.82) is 0 Å². The minimum Gasteiger partial charge on any atom is -0.480 e. The van der Waals surface area contributed by atoms with Crippen LogP contribution in [0.15, 0.2) is 12.1 Å². The van der Waals surface area contributed by atoms with Gasteiger partial charge in [0.05, 0.1) is 19.3 Å². The van der Waals surface area contributed by atoms with Crippen molar-refractivity contribution in [1.82, 2.24) is 15.5 Å². The maximum atomic E-state index is 10.8. The summed E-state index contributed by atoms with van der Waals surface area (Å²) in [6.45, 7) is 0.322. The van der Waals surface area contributed by atoms with Crippen LogP contribution in [0.5, 0.6) is 5.88 Å². The maximum absolute atomic E-state index is 10.8.